The number of nitrogens with zero attached hydrogens (tertiary/aromatic N) is 1. The van der Waals surface area contributed by atoms with Gasteiger partial charge >= 0.3 is 0 Å². The smallest absolute Gasteiger partial charge is 0.251 e. The summed E-state index contributed by atoms with van der Waals surface area (Å²) in [7, 11) is 1.87. The Kier molecular flexibility index (Phi) is 4.59. The number of halogens is 2. The largest absolute Gasteiger partial charge is 0.318 e. The van der Waals surface area contributed by atoms with Gasteiger partial charge in [0.25, 0.3) is 6.43 Å². The normalized spacial score (nSPS) is 25.4. The highest BCUT2D eigenvalue weighted by Crippen LogP contribution is 2.17. The molecular formula is C9H18F2N2. The van der Waals surface area contributed by atoms with Gasteiger partial charge in [0.1, 0.15) is 0 Å². The van der Waals surface area contributed by atoms with Crippen molar-refractivity contribution in [2.24, 2.45) is 0 Å². The van der Waals surface area contributed by atoms with Gasteiger partial charge in [-0.1, -0.05) is 6.42 Å². The Bertz CT molecular complexity index is 140. The molecule has 1 unspecified atom stereocenters. The van der Waals surface area contributed by atoms with Crippen molar-refractivity contribution in [2.75, 3.05) is 26.7 Å². The standard InChI is InChI=1S/C9H18F2N2/c1-12-6-8-4-2-3-5-13(8)7-9(10)11/h8-9,12H,2-7H2,1H3. The Hall–Kier alpha value is -0.220. The molecule has 4 heteroatoms. The third kappa shape index (κ3) is 3.56. The molecule has 1 aliphatic heterocycles. The molecule has 1 fully saturated rings. The maximum absolute atomic E-state index is 12.2. The summed E-state index contributed by atoms with van der Waals surface area (Å²) in [5.41, 5.74) is 0. The van der Waals surface area contributed by atoms with E-state index in [1.165, 1.54) is 6.42 Å². The lowest BCUT2D eigenvalue weighted by Crippen LogP contribution is -2.46. The molecule has 1 aliphatic rings. The summed E-state index contributed by atoms with van der Waals surface area (Å²) in [6.45, 7) is 1.59. The van der Waals surface area contributed by atoms with Crippen LogP contribution in [0.1, 0.15) is 19.3 Å². The third-order valence-electron chi connectivity index (χ3n) is 2.56. The SMILES string of the molecule is CNCC1CCCCN1CC(F)F. The van der Waals surface area contributed by atoms with Crippen molar-refractivity contribution >= 4 is 0 Å². The van der Waals surface area contributed by atoms with E-state index in [-0.39, 0.29) is 6.54 Å². The van der Waals surface area contributed by atoms with Crippen LogP contribution in [0, 0.1) is 0 Å². The molecule has 1 saturated heterocycles. The molecule has 0 bridgehead atoms. The van der Waals surface area contributed by atoms with Gasteiger partial charge in [0.05, 0.1) is 6.54 Å². The van der Waals surface area contributed by atoms with Gasteiger partial charge in [-0.3, -0.25) is 4.90 Å². The first-order valence-electron chi connectivity index (χ1n) is 4.91. The average molecular weight is 192 g/mol. The number of nitrogens with one attached hydrogen (secondary N) is 1. The van der Waals surface area contributed by atoms with Crippen LogP contribution in [0.5, 0.6) is 0 Å². The number of likely N-dealkylation sites (N-methyl/N-ethyl adjacent to an activating group) is 1. The molecule has 78 valence electrons. The minimum Gasteiger partial charge on any atom is -0.318 e. The highest BCUT2D eigenvalue weighted by molar-refractivity contribution is 4.78. The van der Waals surface area contributed by atoms with Crippen molar-refractivity contribution in [1.29, 1.82) is 0 Å². The molecule has 0 aromatic carbocycles. The van der Waals surface area contributed by atoms with Crippen molar-refractivity contribution < 1.29 is 8.78 Å². The molecule has 0 aromatic rings. The number of likely N-dealkylation sites (tertiary alicyclic amines) is 1. The number of rotatable bonds is 4. The fraction of sp³-hybridized carbons (Fsp3) is 1.00. The summed E-state index contributed by atoms with van der Waals surface area (Å²) in [4.78, 5) is 1.91. The molecule has 0 saturated carbocycles. The van der Waals surface area contributed by atoms with Gasteiger partial charge in [0.15, 0.2) is 0 Å². The maximum Gasteiger partial charge on any atom is 0.251 e. The molecule has 1 heterocycles. The quantitative estimate of drug-likeness (QED) is 0.722. The van der Waals surface area contributed by atoms with Crippen molar-refractivity contribution in [2.45, 2.75) is 31.7 Å². The topological polar surface area (TPSA) is 15.3 Å². The van der Waals surface area contributed by atoms with Gasteiger partial charge in [-0.05, 0) is 26.4 Å². The van der Waals surface area contributed by atoms with Crippen LogP contribution in [0.15, 0.2) is 0 Å². The molecule has 0 aromatic heterocycles. The van der Waals surface area contributed by atoms with E-state index in [0.717, 1.165) is 25.9 Å². The van der Waals surface area contributed by atoms with Crippen LogP contribution < -0.4 is 5.32 Å². The Labute approximate surface area is 78.3 Å². The predicted octanol–water partition coefficient (Wildman–Crippen LogP) is 1.33. The highest BCUT2D eigenvalue weighted by atomic mass is 19.3. The zero-order valence-corrected chi connectivity index (χ0v) is 8.10. The third-order valence-corrected chi connectivity index (χ3v) is 2.56. The van der Waals surface area contributed by atoms with Crippen molar-refractivity contribution in [1.82, 2.24) is 10.2 Å². The Morgan fingerprint density at radius 2 is 2.23 bits per heavy atom. The summed E-state index contributed by atoms with van der Waals surface area (Å²) in [5.74, 6) is 0. The van der Waals surface area contributed by atoms with Crippen LogP contribution >= 0.6 is 0 Å². The van der Waals surface area contributed by atoms with E-state index < -0.39 is 6.43 Å². The first-order chi connectivity index (χ1) is 6.24. The van der Waals surface area contributed by atoms with Crippen LogP contribution in [-0.4, -0.2) is 44.0 Å². The van der Waals surface area contributed by atoms with Gasteiger partial charge in [-0.15, -0.1) is 0 Å². The van der Waals surface area contributed by atoms with E-state index in [9.17, 15) is 8.78 Å². The lowest BCUT2D eigenvalue weighted by atomic mass is 10.0. The second-order valence-electron chi connectivity index (χ2n) is 3.59. The minimum absolute atomic E-state index is 0.0631. The first-order valence-corrected chi connectivity index (χ1v) is 4.91. The van der Waals surface area contributed by atoms with E-state index in [4.69, 9.17) is 0 Å². The lowest BCUT2D eigenvalue weighted by Gasteiger charge is -2.35. The molecule has 0 aliphatic carbocycles. The summed E-state index contributed by atoms with van der Waals surface area (Å²) < 4.78 is 24.3. The Balaban J connectivity index is 2.36. The second-order valence-corrected chi connectivity index (χ2v) is 3.59. The van der Waals surface area contributed by atoms with Crippen LogP contribution in [0.3, 0.4) is 0 Å². The van der Waals surface area contributed by atoms with Gasteiger partial charge < -0.3 is 5.32 Å². The molecule has 1 N–H and O–H groups in total. The zero-order chi connectivity index (χ0) is 9.68. The number of piperidine rings is 1. The van der Waals surface area contributed by atoms with Gasteiger partial charge in [-0.2, -0.15) is 0 Å². The monoisotopic (exact) mass is 192 g/mol. The molecule has 0 amide bonds. The lowest BCUT2D eigenvalue weighted by molar-refractivity contribution is 0.0498. The van der Waals surface area contributed by atoms with Crippen LogP contribution in [0.2, 0.25) is 0 Å². The predicted molar refractivity (Wildman–Crippen MR) is 49.1 cm³/mol. The molecule has 0 radical (unpaired) electrons. The highest BCUT2D eigenvalue weighted by Gasteiger charge is 2.23. The van der Waals surface area contributed by atoms with Crippen LogP contribution in [-0.2, 0) is 0 Å². The second kappa shape index (κ2) is 5.50. The van der Waals surface area contributed by atoms with Crippen molar-refractivity contribution in [3.05, 3.63) is 0 Å². The molecule has 1 rings (SSSR count). The Morgan fingerprint density at radius 1 is 1.46 bits per heavy atom. The van der Waals surface area contributed by atoms with E-state index in [0.29, 0.717) is 6.04 Å². The van der Waals surface area contributed by atoms with Crippen LogP contribution in [0.25, 0.3) is 0 Å². The van der Waals surface area contributed by atoms with Gasteiger partial charge in [0, 0.05) is 12.6 Å². The molecule has 0 spiro atoms. The van der Waals surface area contributed by atoms with E-state index in [2.05, 4.69) is 5.32 Å². The maximum atomic E-state index is 12.2. The zero-order valence-electron chi connectivity index (χ0n) is 8.10. The number of alkyl halides is 2. The molecule has 1 atom stereocenters. The average Bonchev–Trinajstić information content (AvgIpc) is 2.08. The summed E-state index contributed by atoms with van der Waals surface area (Å²) in [5, 5.41) is 3.05. The number of hydrogen-bond donors (Lipinski definition) is 1. The van der Waals surface area contributed by atoms with Crippen LogP contribution in [0.4, 0.5) is 8.78 Å². The minimum atomic E-state index is -2.20. The fourth-order valence-corrected chi connectivity index (χ4v) is 1.94. The number of hydrogen-bond acceptors (Lipinski definition) is 2. The van der Waals surface area contributed by atoms with E-state index in [1.807, 2.05) is 11.9 Å². The molecule has 2 nitrogen and oxygen atoms in total. The molecular weight excluding hydrogens is 174 g/mol. The summed E-state index contributed by atoms with van der Waals surface area (Å²) >= 11 is 0. The molecule has 13 heavy (non-hydrogen) atoms. The summed E-state index contributed by atoms with van der Waals surface area (Å²) in [6.07, 6.45) is 1.09. The fourth-order valence-electron chi connectivity index (χ4n) is 1.94. The first kappa shape index (κ1) is 10.9. The van der Waals surface area contributed by atoms with Gasteiger partial charge in [0.2, 0.25) is 0 Å². The van der Waals surface area contributed by atoms with Crippen molar-refractivity contribution in [3.63, 3.8) is 0 Å². The summed E-state index contributed by atoms with van der Waals surface area (Å²) in [6, 6.07) is 0.313. The van der Waals surface area contributed by atoms with E-state index in [1.54, 1.807) is 0 Å². The van der Waals surface area contributed by atoms with E-state index >= 15 is 0 Å². The van der Waals surface area contributed by atoms with Gasteiger partial charge in [-0.25, -0.2) is 8.78 Å². The van der Waals surface area contributed by atoms with Crippen molar-refractivity contribution in [3.8, 4) is 0 Å². The Morgan fingerprint density at radius 3 is 2.85 bits per heavy atom.